The number of carbonyl (C=O) groups is 4. The van der Waals surface area contributed by atoms with E-state index in [4.69, 9.17) is 9.47 Å². The van der Waals surface area contributed by atoms with Gasteiger partial charge < -0.3 is 29.5 Å². The van der Waals surface area contributed by atoms with Crippen LogP contribution >= 0.6 is 0 Å². The number of carboxylic acid groups (broad SMARTS) is 2. The third-order valence-electron chi connectivity index (χ3n) is 9.27. The largest absolute Gasteiger partial charge is 0.481 e. The van der Waals surface area contributed by atoms with E-state index in [0.29, 0.717) is 25.9 Å². The fourth-order valence-corrected chi connectivity index (χ4v) is 7.04. The van der Waals surface area contributed by atoms with Crippen molar-refractivity contribution >= 4 is 35.3 Å². The van der Waals surface area contributed by atoms with Crippen molar-refractivity contribution in [2.75, 3.05) is 26.2 Å². The first-order valence-corrected chi connectivity index (χ1v) is 17.2. The third-order valence-corrected chi connectivity index (χ3v) is 9.27. The lowest BCUT2D eigenvalue weighted by molar-refractivity contribution is -0.144. The number of ether oxygens (including phenoxy) is 2. The second kappa shape index (κ2) is 14.5. The quantitative estimate of drug-likeness (QED) is 0.345. The summed E-state index contributed by atoms with van der Waals surface area (Å²) in [6, 6.07) is 16.2. The number of rotatable bonds is 4. The van der Waals surface area contributed by atoms with Crippen molar-refractivity contribution in [3.05, 3.63) is 94.1 Å². The monoisotopic (exact) mass is 684 g/mol. The van der Waals surface area contributed by atoms with Crippen LogP contribution in [0.2, 0.25) is 0 Å². The molecule has 4 aliphatic rings. The summed E-state index contributed by atoms with van der Waals surface area (Å²) >= 11 is 0. The van der Waals surface area contributed by atoms with Gasteiger partial charge in [-0.2, -0.15) is 0 Å². The molecular weight excluding hydrogens is 636 g/mol. The van der Waals surface area contributed by atoms with E-state index in [2.05, 4.69) is 30.4 Å². The summed E-state index contributed by atoms with van der Waals surface area (Å²) in [4.78, 5) is 51.3. The van der Waals surface area contributed by atoms with Crippen molar-refractivity contribution in [3.63, 3.8) is 0 Å². The predicted molar refractivity (Wildman–Crippen MR) is 190 cm³/mol. The third kappa shape index (κ3) is 8.46. The fraction of sp³-hybridized carbons (Fsp3) is 0.450. The molecular formula is C40H48N2O8. The summed E-state index contributed by atoms with van der Waals surface area (Å²) < 4.78 is 10.8. The summed E-state index contributed by atoms with van der Waals surface area (Å²) in [5.41, 5.74) is 6.75. The lowest BCUT2D eigenvalue weighted by Gasteiger charge is -2.38. The van der Waals surface area contributed by atoms with Gasteiger partial charge in [-0.25, -0.2) is 14.4 Å². The number of piperidine rings is 1. The standard InChI is InChI=1S/C20H25NO4.C20H23NO4/c2*1-20(2,3)25-19(24)21-11-10-16(17(12-21)18(22)23)15-9-8-13-6-4-5-7-14(13)15/h4-7,9,16-17H,8,10-12H2,1-3H3,(H,22,23);4-7,9H,8,10-12H2,1-3H3,(H,22,23)/t16-,17-;/m1./s1. The van der Waals surface area contributed by atoms with Crippen molar-refractivity contribution in [1.29, 1.82) is 0 Å². The summed E-state index contributed by atoms with van der Waals surface area (Å²) in [5.74, 6) is -2.52. The van der Waals surface area contributed by atoms with Crippen LogP contribution in [0.3, 0.4) is 0 Å². The van der Waals surface area contributed by atoms with Gasteiger partial charge in [0.1, 0.15) is 11.2 Å². The van der Waals surface area contributed by atoms with Crippen molar-refractivity contribution in [1.82, 2.24) is 9.80 Å². The molecule has 2 N–H and O–H groups in total. The molecule has 0 unspecified atom stereocenters. The lowest BCUT2D eigenvalue weighted by atomic mass is 9.78. The SMILES string of the molecule is CC(C)(C)OC(=O)N1CCC(C2=CCc3ccccc32)=C(C(=O)O)C1.CC(C)(C)OC(=O)N1CC[C@H](C2=CCc3ccccc32)[C@H](C(=O)O)C1. The molecule has 6 rings (SSSR count). The molecule has 0 bridgehead atoms. The number of likely N-dealkylation sites (tertiary alicyclic amines) is 1. The van der Waals surface area contributed by atoms with Gasteiger partial charge in [0.25, 0.3) is 0 Å². The zero-order valence-corrected chi connectivity index (χ0v) is 29.8. The first-order valence-electron chi connectivity index (χ1n) is 17.2. The van der Waals surface area contributed by atoms with Crippen molar-refractivity contribution in [2.24, 2.45) is 11.8 Å². The van der Waals surface area contributed by atoms with Gasteiger partial charge in [0.2, 0.25) is 0 Å². The number of allylic oxidation sites excluding steroid dienone is 4. The Hall–Kier alpha value is -4.86. The zero-order valence-electron chi connectivity index (χ0n) is 29.8. The molecule has 1 saturated heterocycles. The number of aliphatic carboxylic acids is 2. The number of hydrogen-bond donors (Lipinski definition) is 2. The zero-order chi connectivity index (χ0) is 36.4. The Morgan fingerprint density at radius 3 is 1.90 bits per heavy atom. The van der Waals surface area contributed by atoms with Crippen LogP contribution in [0, 0.1) is 11.8 Å². The van der Waals surface area contributed by atoms with E-state index in [1.165, 1.54) is 20.9 Å². The highest BCUT2D eigenvalue weighted by Crippen LogP contribution is 2.41. The van der Waals surface area contributed by atoms with Crippen molar-refractivity contribution < 1.29 is 38.9 Å². The topological polar surface area (TPSA) is 134 Å². The van der Waals surface area contributed by atoms with Crippen LogP contribution in [0.4, 0.5) is 9.59 Å². The molecule has 2 amide bonds. The van der Waals surface area contributed by atoms with E-state index in [9.17, 15) is 29.4 Å². The minimum Gasteiger partial charge on any atom is -0.481 e. The molecule has 10 heteroatoms. The number of benzene rings is 2. The summed E-state index contributed by atoms with van der Waals surface area (Å²) in [6.07, 6.45) is 6.16. The molecule has 1 fully saturated rings. The molecule has 266 valence electrons. The van der Waals surface area contributed by atoms with Gasteiger partial charge >= 0.3 is 24.1 Å². The molecule has 50 heavy (non-hydrogen) atoms. The Bertz CT molecular complexity index is 1760. The summed E-state index contributed by atoms with van der Waals surface area (Å²) in [6.45, 7) is 12.1. The minimum absolute atomic E-state index is 0.0685. The van der Waals surface area contributed by atoms with Crippen LogP contribution in [-0.2, 0) is 31.9 Å². The Balaban J connectivity index is 0.000000194. The second-order valence-corrected chi connectivity index (χ2v) is 15.2. The van der Waals surface area contributed by atoms with Crippen LogP contribution in [0.5, 0.6) is 0 Å². The Labute approximate surface area is 294 Å². The average molecular weight is 685 g/mol. The highest BCUT2D eigenvalue weighted by molar-refractivity contribution is 5.97. The van der Waals surface area contributed by atoms with E-state index in [-0.39, 0.29) is 24.6 Å². The summed E-state index contributed by atoms with van der Waals surface area (Å²) in [5, 5.41) is 19.4. The highest BCUT2D eigenvalue weighted by atomic mass is 16.6. The summed E-state index contributed by atoms with van der Waals surface area (Å²) in [7, 11) is 0. The van der Waals surface area contributed by atoms with E-state index in [1.807, 2.05) is 51.1 Å². The molecule has 0 saturated carbocycles. The second-order valence-electron chi connectivity index (χ2n) is 15.2. The van der Waals surface area contributed by atoms with Gasteiger partial charge in [-0.3, -0.25) is 4.79 Å². The molecule has 2 aliphatic heterocycles. The van der Waals surface area contributed by atoms with Gasteiger partial charge in [-0.05, 0) is 106 Å². The Morgan fingerprint density at radius 1 is 0.740 bits per heavy atom. The minimum atomic E-state index is -0.978. The molecule has 2 heterocycles. The molecule has 10 nitrogen and oxygen atoms in total. The molecule has 0 radical (unpaired) electrons. The van der Waals surface area contributed by atoms with Crippen molar-refractivity contribution in [2.45, 2.75) is 78.4 Å². The van der Waals surface area contributed by atoms with Crippen LogP contribution in [0.1, 0.15) is 76.6 Å². The number of nitrogens with zero attached hydrogens (tertiary/aromatic N) is 2. The maximum atomic E-state index is 12.3. The van der Waals surface area contributed by atoms with Gasteiger partial charge in [0.05, 0.1) is 18.0 Å². The fourth-order valence-electron chi connectivity index (χ4n) is 7.04. The molecule has 2 aliphatic carbocycles. The number of fused-ring (bicyclic) bond motifs is 2. The molecule has 0 spiro atoms. The highest BCUT2D eigenvalue weighted by Gasteiger charge is 2.40. The predicted octanol–water partition coefficient (Wildman–Crippen LogP) is 7.23. The first kappa shape index (κ1) is 36.4. The van der Waals surface area contributed by atoms with Gasteiger partial charge in [0, 0.05) is 25.6 Å². The van der Waals surface area contributed by atoms with Gasteiger partial charge in [0.15, 0.2) is 0 Å². The van der Waals surface area contributed by atoms with E-state index >= 15 is 0 Å². The number of carboxylic acids is 2. The molecule has 2 atom stereocenters. The van der Waals surface area contributed by atoms with Crippen LogP contribution in [0.15, 0.2) is 71.8 Å². The van der Waals surface area contributed by atoms with Crippen LogP contribution in [0.25, 0.3) is 11.1 Å². The van der Waals surface area contributed by atoms with Crippen LogP contribution < -0.4 is 0 Å². The average Bonchev–Trinajstić information content (AvgIpc) is 3.67. The van der Waals surface area contributed by atoms with E-state index in [1.54, 1.807) is 20.8 Å². The van der Waals surface area contributed by atoms with Crippen molar-refractivity contribution in [3.8, 4) is 0 Å². The number of carbonyl (C=O) groups excluding carboxylic acids is 2. The Kier molecular flexibility index (Phi) is 10.6. The van der Waals surface area contributed by atoms with Crippen LogP contribution in [-0.4, -0.2) is 81.5 Å². The molecule has 2 aromatic rings. The normalized spacial score (nSPS) is 20.1. The molecule has 2 aromatic carbocycles. The van der Waals surface area contributed by atoms with Gasteiger partial charge in [-0.1, -0.05) is 60.7 Å². The number of amides is 2. The Morgan fingerprint density at radius 2 is 1.30 bits per heavy atom. The first-order chi connectivity index (χ1) is 23.5. The lowest BCUT2D eigenvalue weighted by Crippen LogP contribution is -2.48. The smallest absolute Gasteiger partial charge is 0.410 e. The maximum Gasteiger partial charge on any atom is 0.410 e. The maximum absolute atomic E-state index is 12.3. The van der Waals surface area contributed by atoms with E-state index < -0.39 is 41.2 Å². The van der Waals surface area contributed by atoms with E-state index in [0.717, 1.165) is 40.7 Å². The number of hydrogen-bond acceptors (Lipinski definition) is 6. The van der Waals surface area contributed by atoms with Gasteiger partial charge in [-0.15, -0.1) is 0 Å². The molecule has 0 aromatic heterocycles.